The van der Waals surface area contributed by atoms with E-state index in [0.717, 1.165) is 38.0 Å². The second kappa shape index (κ2) is 7.94. The molecule has 1 amide bonds. The number of carbonyl (C=O) groups is 1. The van der Waals surface area contributed by atoms with Gasteiger partial charge in [-0.2, -0.15) is 0 Å². The third-order valence-electron chi connectivity index (χ3n) is 4.23. The molecule has 6 heteroatoms. The number of benzene rings is 1. The fourth-order valence-corrected chi connectivity index (χ4v) is 3.37. The number of rotatable bonds is 3. The Balaban J connectivity index is 1.88. The Bertz CT molecular complexity index is 559. The number of hydrogen-bond acceptors (Lipinski definition) is 3. The Hall–Kier alpha value is -0.970. The average molecular weight is 373 g/mol. The molecule has 0 aromatic heterocycles. The van der Waals surface area contributed by atoms with E-state index in [0.29, 0.717) is 10.0 Å². The zero-order valence-electron chi connectivity index (χ0n) is 14.8. The van der Waals surface area contributed by atoms with Crippen molar-refractivity contribution >= 4 is 29.3 Å². The highest BCUT2D eigenvalue weighted by molar-refractivity contribution is 6.35. The first-order valence-corrected chi connectivity index (χ1v) is 9.04. The van der Waals surface area contributed by atoms with Crippen LogP contribution in [0.15, 0.2) is 18.2 Å². The molecule has 0 spiro atoms. The average Bonchev–Trinajstić information content (AvgIpc) is 2.49. The fraction of sp³-hybridized carbons (Fsp3) is 0.611. The van der Waals surface area contributed by atoms with Crippen LogP contribution in [0, 0.1) is 0 Å². The van der Waals surface area contributed by atoms with Gasteiger partial charge in [-0.05, 0) is 45.7 Å². The topological polar surface area (TPSA) is 32.8 Å². The normalized spacial score (nSPS) is 16.9. The van der Waals surface area contributed by atoms with Crippen LogP contribution >= 0.6 is 23.2 Å². The molecule has 1 aliphatic heterocycles. The lowest BCUT2D eigenvalue weighted by Gasteiger charge is -2.37. The second-order valence-electron chi connectivity index (χ2n) is 7.30. The van der Waals surface area contributed by atoms with E-state index in [4.69, 9.17) is 27.9 Å². The van der Waals surface area contributed by atoms with Gasteiger partial charge >= 0.3 is 6.09 Å². The van der Waals surface area contributed by atoms with Crippen LogP contribution in [0.25, 0.3) is 0 Å². The van der Waals surface area contributed by atoms with Crippen molar-refractivity contribution in [3.05, 3.63) is 33.8 Å². The SMILES string of the molecule is CN(C(=O)OC(C)(C)C)C1CCN(Cc2c(Cl)cccc2Cl)CC1. The number of halogens is 2. The molecule has 0 saturated carbocycles. The highest BCUT2D eigenvalue weighted by atomic mass is 35.5. The first-order chi connectivity index (χ1) is 11.2. The van der Waals surface area contributed by atoms with Gasteiger partial charge in [0.15, 0.2) is 0 Å². The summed E-state index contributed by atoms with van der Waals surface area (Å²) >= 11 is 12.5. The quantitative estimate of drug-likeness (QED) is 0.761. The lowest BCUT2D eigenvalue weighted by atomic mass is 10.0. The van der Waals surface area contributed by atoms with Crippen LogP contribution in [0.1, 0.15) is 39.2 Å². The summed E-state index contributed by atoms with van der Waals surface area (Å²) in [5, 5.41) is 1.41. The highest BCUT2D eigenvalue weighted by Crippen LogP contribution is 2.27. The van der Waals surface area contributed by atoms with Gasteiger partial charge in [0.05, 0.1) is 0 Å². The Morgan fingerprint density at radius 1 is 1.25 bits per heavy atom. The lowest BCUT2D eigenvalue weighted by Crippen LogP contribution is -2.46. The van der Waals surface area contributed by atoms with Crippen LogP contribution in [0.4, 0.5) is 4.79 Å². The number of carbonyl (C=O) groups excluding carboxylic acids is 1. The maximum Gasteiger partial charge on any atom is 0.410 e. The molecule has 0 atom stereocenters. The minimum atomic E-state index is -0.465. The van der Waals surface area contributed by atoms with Crippen LogP contribution < -0.4 is 0 Å². The van der Waals surface area contributed by atoms with E-state index in [1.54, 1.807) is 4.90 Å². The molecule has 24 heavy (non-hydrogen) atoms. The molecule has 4 nitrogen and oxygen atoms in total. The molecule has 1 aromatic carbocycles. The fourth-order valence-electron chi connectivity index (χ4n) is 2.85. The first kappa shape index (κ1) is 19.4. The Kier molecular flexibility index (Phi) is 6.40. The molecule has 134 valence electrons. The summed E-state index contributed by atoms with van der Waals surface area (Å²) in [5.74, 6) is 0. The standard InChI is InChI=1S/C18H26Cl2N2O2/c1-18(2,3)24-17(23)21(4)13-8-10-22(11-9-13)12-14-15(19)6-5-7-16(14)20/h5-7,13H,8-12H2,1-4H3. The van der Waals surface area contributed by atoms with E-state index in [1.807, 2.05) is 46.0 Å². The largest absolute Gasteiger partial charge is 0.444 e. The number of amides is 1. The maximum absolute atomic E-state index is 12.2. The number of piperidine rings is 1. The molecule has 0 radical (unpaired) electrons. The minimum Gasteiger partial charge on any atom is -0.444 e. The summed E-state index contributed by atoms with van der Waals surface area (Å²) in [6, 6.07) is 5.80. The minimum absolute atomic E-state index is 0.206. The predicted molar refractivity (Wildman–Crippen MR) is 98.8 cm³/mol. The summed E-state index contributed by atoms with van der Waals surface area (Å²) in [6.07, 6.45) is 1.57. The van der Waals surface area contributed by atoms with Crippen molar-refractivity contribution in [3.8, 4) is 0 Å². The van der Waals surface area contributed by atoms with Crippen molar-refractivity contribution in [1.82, 2.24) is 9.80 Å². The number of ether oxygens (including phenoxy) is 1. The van der Waals surface area contributed by atoms with E-state index in [-0.39, 0.29) is 12.1 Å². The van der Waals surface area contributed by atoms with E-state index >= 15 is 0 Å². The molecule has 0 aliphatic carbocycles. The predicted octanol–water partition coefficient (Wildman–Crippen LogP) is 4.82. The van der Waals surface area contributed by atoms with Crippen LogP contribution in [-0.4, -0.2) is 47.7 Å². The Morgan fingerprint density at radius 3 is 2.29 bits per heavy atom. The molecular weight excluding hydrogens is 347 g/mol. The van der Waals surface area contributed by atoms with Crippen LogP contribution in [0.3, 0.4) is 0 Å². The third kappa shape index (κ3) is 5.27. The molecule has 1 fully saturated rings. The first-order valence-electron chi connectivity index (χ1n) is 8.28. The number of hydrogen-bond donors (Lipinski definition) is 0. The van der Waals surface area contributed by atoms with Crippen molar-refractivity contribution < 1.29 is 9.53 Å². The van der Waals surface area contributed by atoms with Crippen molar-refractivity contribution in [2.45, 2.75) is 51.8 Å². The molecule has 0 bridgehead atoms. The van der Waals surface area contributed by atoms with E-state index < -0.39 is 5.60 Å². The molecule has 1 heterocycles. The highest BCUT2D eigenvalue weighted by Gasteiger charge is 2.28. The summed E-state index contributed by atoms with van der Waals surface area (Å²) in [6.45, 7) is 8.19. The maximum atomic E-state index is 12.2. The molecule has 1 saturated heterocycles. The van der Waals surface area contributed by atoms with E-state index in [1.165, 1.54) is 0 Å². The molecule has 0 N–H and O–H groups in total. The van der Waals surface area contributed by atoms with Crippen molar-refractivity contribution in [1.29, 1.82) is 0 Å². The molecular formula is C18H26Cl2N2O2. The van der Waals surface area contributed by atoms with Gasteiger partial charge < -0.3 is 9.64 Å². The van der Waals surface area contributed by atoms with E-state index in [9.17, 15) is 4.79 Å². The Morgan fingerprint density at radius 2 is 1.79 bits per heavy atom. The van der Waals surface area contributed by atoms with Crippen molar-refractivity contribution in [2.75, 3.05) is 20.1 Å². The van der Waals surface area contributed by atoms with Gasteiger partial charge in [-0.1, -0.05) is 29.3 Å². The summed E-state index contributed by atoms with van der Waals surface area (Å²) in [7, 11) is 1.82. The molecule has 0 unspecified atom stereocenters. The van der Waals surface area contributed by atoms with Gasteiger partial charge in [-0.25, -0.2) is 4.79 Å². The lowest BCUT2D eigenvalue weighted by molar-refractivity contribution is 0.0149. The second-order valence-corrected chi connectivity index (χ2v) is 8.11. The summed E-state index contributed by atoms with van der Waals surface area (Å²) in [4.78, 5) is 16.2. The van der Waals surface area contributed by atoms with Crippen LogP contribution in [-0.2, 0) is 11.3 Å². The number of likely N-dealkylation sites (tertiary alicyclic amines) is 1. The van der Waals surface area contributed by atoms with Gasteiger partial charge in [0.1, 0.15) is 5.60 Å². The smallest absolute Gasteiger partial charge is 0.410 e. The van der Waals surface area contributed by atoms with Crippen LogP contribution in [0.5, 0.6) is 0 Å². The Labute approximate surface area is 154 Å². The third-order valence-corrected chi connectivity index (χ3v) is 4.94. The van der Waals surface area contributed by atoms with Gasteiger partial charge in [0.25, 0.3) is 0 Å². The summed E-state index contributed by atoms with van der Waals surface area (Å²) < 4.78 is 5.45. The van der Waals surface area contributed by atoms with Gasteiger partial charge in [0.2, 0.25) is 0 Å². The summed E-state index contributed by atoms with van der Waals surface area (Å²) in [5.41, 5.74) is 0.507. The van der Waals surface area contributed by atoms with Crippen LogP contribution in [0.2, 0.25) is 10.0 Å². The zero-order valence-corrected chi connectivity index (χ0v) is 16.3. The number of nitrogens with zero attached hydrogens (tertiary/aromatic N) is 2. The zero-order chi connectivity index (χ0) is 17.9. The van der Waals surface area contributed by atoms with Crippen molar-refractivity contribution in [2.24, 2.45) is 0 Å². The monoisotopic (exact) mass is 372 g/mol. The van der Waals surface area contributed by atoms with Gasteiger partial charge in [-0.15, -0.1) is 0 Å². The van der Waals surface area contributed by atoms with Crippen molar-refractivity contribution in [3.63, 3.8) is 0 Å². The van der Waals surface area contributed by atoms with Gasteiger partial charge in [-0.3, -0.25) is 4.90 Å². The van der Waals surface area contributed by atoms with E-state index in [2.05, 4.69) is 4.90 Å². The molecule has 2 rings (SSSR count). The molecule has 1 aliphatic rings. The molecule has 1 aromatic rings. The van der Waals surface area contributed by atoms with Gasteiger partial charge in [0, 0.05) is 48.3 Å².